The van der Waals surface area contributed by atoms with Crippen LogP contribution >= 0.6 is 0 Å². The molecule has 3 rings (SSSR count). The highest BCUT2D eigenvalue weighted by Gasteiger charge is 2.14. The highest BCUT2D eigenvalue weighted by molar-refractivity contribution is 5.85. The maximum atomic E-state index is 5.61. The maximum Gasteiger partial charge on any atom is 0.163 e. The Bertz CT molecular complexity index is 611. The van der Waals surface area contributed by atoms with Crippen LogP contribution in [0.5, 0.6) is 11.5 Å². The number of aromatic nitrogens is 1. The van der Waals surface area contributed by atoms with Gasteiger partial charge in [0.25, 0.3) is 0 Å². The molecule has 2 heterocycles. The number of nitrogens with one attached hydrogen (secondary N) is 1. The summed E-state index contributed by atoms with van der Waals surface area (Å²) in [5.74, 6) is 2.57. The van der Waals surface area contributed by atoms with Gasteiger partial charge in [-0.15, -0.1) is 0 Å². The van der Waals surface area contributed by atoms with Gasteiger partial charge in [0.05, 0.1) is 5.52 Å². The van der Waals surface area contributed by atoms with Crippen molar-refractivity contribution in [1.82, 2.24) is 4.98 Å². The second kappa shape index (κ2) is 4.96. The lowest BCUT2D eigenvalue weighted by atomic mass is 10.1. The molecule has 0 spiro atoms. The van der Waals surface area contributed by atoms with E-state index in [4.69, 9.17) is 14.5 Å². The van der Waals surface area contributed by atoms with Crippen LogP contribution < -0.4 is 14.8 Å². The van der Waals surface area contributed by atoms with Gasteiger partial charge in [0.15, 0.2) is 11.5 Å². The summed E-state index contributed by atoms with van der Waals surface area (Å²) < 4.78 is 11.2. The zero-order chi connectivity index (χ0) is 13.2. The van der Waals surface area contributed by atoms with E-state index in [-0.39, 0.29) is 0 Å². The van der Waals surface area contributed by atoms with Gasteiger partial charge in [-0.05, 0) is 31.0 Å². The van der Waals surface area contributed by atoms with Crippen molar-refractivity contribution in [2.45, 2.75) is 20.3 Å². The summed E-state index contributed by atoms with van der Waals surface area (Å²) in [6.45, 7) is 6.31. The molecule has 0 unspecified atom stereocenters. The average Bonchev–Trinajstić information content (AvgIpc) is 2.45. The minimum absolute atomic E-state index is 0.603. The van der Waals surface area contributed by atoms with Gasteiger partial charge < -0.3 is 14.8 Å². The lowest BCUT2D eigenvalue weighted by Crippen LogP contribution is -2.15. The second-order valence-corrected chi connectivity index (χ2v) is 4.57. The highest BCUT2D eigenvalue weighted by Crippen LogP contribution is 2.35. The minimum Gasteiger partial charge on any atom is -0.486 e. The van der Waals surface area contributed by atoms with Gasteiger partial charge in [-0.2, -0.15) is 0 Å². The van der Waals surface area contributed by atoms with Crippen LogP contribution in [-0.4, -0.2) is 24.7 Å². The molecule has 0 amide bonds. The molecule has 0 bridgehead atoms. The van der Waals surface area contributed by atoms with Crippen molar-refractivity contribution in [2.75, 3.05) is 25.1 Å². The predicted molar refractivity (Wildman–Crippen MR) is 76.3 cm³/mol. The predicted octanol–water partition coefficient (Wildman–Crippen LogP) is 3.00. The highest BCUT2D eigenvalue weighted by atomic mass is 16.6. The maximum absolute atomic E-state index is 5.61. The van der Waals surface area contributed by atoms with Crippen LogP contribution in [0.1, 0.15) is 19.4 Å². The monoisotopic (exact) mass is 258 g/mol. The number of anilines is 1. The van der Waals surface area contributed by atoms with Crippen LogP contribution in [0.3, 0.4) is 0 Å². The summed E-state index contributed by atoms with van der Waals surface area (Å²) >= 11 is 0. The molecule has 0 saturated carbocycles. The van der Waals surface area contributed by atoms with Crippen molar-refractivity contribution in [2.24, 2.45) is 0 Å². The van der Waals surface area contributed by atoms with Crippen LogP contribution in [0.25, 0.3) is 10.9 Å². The van der Waals surface area contributed by atoms with E-state index >= 15 is 0 Å². The van der Waals surface area contributed by atoms with Gasteiger partial charge in [0.2, 0.25) is 0 Å². The molecule has 0 fully saturated rings. The average molecular weight is 258 g/mol. The molecule has 0 saturated heterocycles. The fourth-order valence-corrected chi connectivity index (χ4v) is 2.34. The van der Waals surface area contributed by atoms with Crippen molar-refractivity contribution in [3.8, 4) is 11.5 Å². The van der Waals surface area contributed by atoms with Crippen molar-refractivity contribution < 1.29 is 9.47 Å². The van der Waals surface area contributed by atoms with Crippen molar-refractivity contribution in [3.63, 3.8) is 0 Å². The summed E-state index contributed by atoms with van der Waals surface area (Å²) in [5, 5.41) is 4.42. The smallest absolute Gasteiger partial charge is 0.163 e. The third-order valence-corrected chi connectivity index (χ3v) is 3.28. The standard InChI is InChI=1S/C15H18N2O2/c1-3-10-7-11-8-13-14(19-6-5-18-13)9-12(11)17-15(10)16-4-2/h7-9H,3-6H2,1-2H3,(H,16,17). The summed E-state index contributed by atoms with van der Waals surface area (Å²) in [6, 6.07) is 6.16. The Hall–Kier alpha value is -1.97. The van der Waals surface area contributed by atoms with Crippen molar-refractivity contribution >= 4 is 16.7 Å². The fraction of sp³-hybridized carbons (Fsp3) is 0.400. The van der Waals surface area contributed by atoms with E-state index in [1.807, 2.05) is 12.1 Å². The Morgan fingerprint density at radius 1 is 1.11 bits per heavy atom. The Kier molecular flexibility index (Phi) is 3.15. The molecule has 1 aliphatic rings. The van der Waals surface area contributed by atoms with Crippen LogP contribution in [0.15, 0.2) is 18.2 Å². The summed E-state index contributed by atoms with van der Waals surface area (Å²) in [4.78, 5) is 4.70. The molecule has 0 aliphatic carbocycles. The number of rotatable bonds is 3. The first-order valence-corrected chi connectivity index (χ1v) is 6.79. The molecule has 1 N–H and O–H groups in total. The largest absolute Gasteiger partial charge is 0.486 e. The summed E-state index contributed by atoms with van der Waals surface area (Å²) in [5.41, 5.74) is 2.17. The van der Waals surface area contributed by atoms with Gasteiger partial charge in [-0.1, -0.05) is 6.92 Å². The number of hydrogen-bond acceptors (Lipinski definition) is 4. The fourth-order valence-electron chi connectivity index (χ4n) is 2.34. The second-order valence-electron chi connectivity index (χ2n) is 4.57. The first-order chi connectivity index (χ1) is 9.31. The lowest BCUT2D eigenvalue weighted by Gasteiger charge is -2.19. The summed E-state index contributed by atoms with van der Waals surface area (Å²) in [6.07, 6.45) is 0.958. The normalized spacial score (nSPS) is 13.6. The topological polar surface area (TPSA) is 43.4 Å². The molecule has 1 aromatic heterocycles. The first kappa shape index (κ1) is 12.1. The number of pyridine rings is 1. The van der Waals surface area contributed by atoms with E-state index in [0.717, 1.165) is 41.2 Å². The van der Waals surface area contributed by atoms with E-state index < -0.39 is 0 Å². The number of ether oxygens (including phenoxy) is 2. The number of hydrogen-bond donors (Lipinski definition) is 1. The molecular formula is C15H18N2O2. The minimum atomic E-state index is 0.603. The molecule has 4 nitrogen and oxygen atoms in total. The lowest BCUT2D eigenvalue weighted by molar-refractivity contribution is 0.172. The van der Waals surface area contributed by atoms with Gasteiger partial charge in [0, 0.05) is 18.0 Å². The van der Waals surface area contributed by atoms with Crippen molar-refractivity contribution in [3.05, 3.63) is 23.8 Å². The van der Waals surface area contributed by atoms with Crippen LogP contribution in [-0.2, 0) is 6.42 Å². The first-order valence-electron chi connectivity index (χ1n) is 6.79. The molecule has 0 atom stereocenters. The Labute approximate surface area is 112 Å². The van der Waals surface area contributed by atoms with Crippen molar-refractivity contribution in [1.29, 1.82) is 0 Å². The van der Waals surface area contributed by atoms with Crippen LogP contribution in [0, 0.1) is 0 Å². The quantitative estimate of drug-likeness (QED) is 0.919. The summed E-state index contributed by atoms with van der Waals surface area (Å²) in [7, 11) is 0. The van der Waals surface area contributed by atoms with Crippen LogP contribution in [0.4, 0.5) is 5.82 Å². The van der Waals surface area contributed by atoms with Gasteiger partial charge >= 0.3 is 0 Å². The molecular weight excluding hydrogens is 240 g/mol. The molecule has 100 valence electrons. The van der Waals surface area contributed by atoms with E-state index in [0.29, 0.717) is 13.2 Å². The third-order valence-electron chi connectivity index (χ3n) is 3.28. The number of fused-ring (bicyclic) bond motifs is 2. The molecule has 1 aliphatic heterocycles. The number of benzene rings is 1. The Balaban J connectivity index is 2.15. The van der Waals surface area contributed by atoms with E-state index in [1.165, 1.54) is 5.56 Å². The number of aryl methyl sites for hydroxylation is 1. The SMILES string of the molecule is CCNc1nc2cc3c(cc2cc1CC)OCCO3. The molecule has 19 heavy (non-hydrogen) atoms. The van der Waals surface area contributed by atoms with E-state index in [9.17, 15) is 0 Å². The van der Waals surface area contributed by atoms with Crippen LogP contribution in [0.2, 0.25) is 0 Å². The molecule has 4 heteroatoms. The zero-order valence-corrected chi connectivity index (χ0v) is 11.3. The molecule has 0 radical (unpaired) electrons. The molecule has 2 aromatic rings. The van der Waals surface area contributed by atoms with E-state index in [2.05, 4.69) is 25.2 Å². The van der Waals surface area contributed by atoms with E-state index in [1.54, 1.807) is 0 Å². The van der Waals surface area contributed by atoms with Gasteiger partial charge in [-0.25, -0.2) is 4.98 Å². The van der Waals surface area contributed by atoms with Gasteiger partial charge in [0.1, 0.15) is 19.0 Å². The molecule has 1 aromatic carbocycles. The number of nitrogens with zero attached hydrogens (tertiary/aromatic N) is 1. The zero-order valence-electron chi connectivity index (χ0n) is 11.3. The Morgan fingerprint density at radius 2 is 1.84 bits per heavy atom. The Morgan fingerprint density at radius 3 is 2.53 bits per heavy atom. The van der Waals surface area contributed by atoms with Gasteiger partial charge in [-0.3, -0.25) is 0 Å². The third kappa shape index (κ3) is 2.18.